The zero-order chi connectivity index (χ0) is 24.2. The fourth-order valence-corrected chi connectivity index (χ4v) is 6.32. The Kier molecular flexibility index (Phi) is 5.51. The first-order valence-electron chi connectivity index (χ1n) is 12.0. The maximum absolute atomic E-state index is 13.0. The van der Waals surface area contributed by atoms with Gasteiger partial charge in [0.25, 0.3) is 11.5 Å². The molecule has 1 spiro atoms. The average Bonchev–Trinajstić information content (AvgIpc) is 3.45. The van der Waals surface area contributed by atoms with Crippen LogP contribution in [-0.2, 0) is 26.5 Å². The predicted molar refractivity (Wildman–Crippen MR) is 131 cm³/mol. The van der Waals surface area contributed by atoms with E-state index in [1.54, 1.807) is 17.2 Å². The van der Waals surface area contributed by atoms with Gasteiger partial charge in [0.15, 0.2) is 6.10 Å². The van der Waals surface area contributed by atoms with Crippen molar-refractivity contribution in [3.05, 3.63) is 69.5 Å². The fraction of sp³-hybridized carbons (Fsp3) is 0.423. The lowest BCUT2D eigenvalue weighted by Crippen LogP contribution is -2.49. The minimum absolute atomic E-state index is 0.00728. The molecule has 6 rings (SSSR count). The number of ether oxygens (including phenoxy) is 1. The van der Waals surface area contributed by atoms with Crippen molar-refractivity contribution in [1.29, 1.82) is 0 Å². The Hall–Kier alpha value is -3.01. The smallest absolute Gasteiger partial charge is 0.259 e. The van der Waals surface area contributed by atoms with Crippen LogP contribution in [0.5, 0.6) is 0 Å². The van der Waals surface area contributed by atoms with E-state index in [4.69, 9.17) is 4.74 Å². The highest BCUT2D eigenvalue weighted by atomic mass is 32.1. The van der Waals surface area contributed by atoms with Gasteiger partial charge in [-0.1, -0.05) is 24.3 Å². The van der Waals surface area contributed by atoms with Crippen LogP contribution in [0.4, 0.5) is 0 Å². The van der Waals surface area contributed by atoms with Crippen LogP contribution >= 0.6 is 11.3 Å². The number of nitrogens with zero attached hydrogens (tertiary/aromatic N) is 2. The highest BCUT2D eigenvalue weighted by molar-refractivity contribution is 7.17. The molecule has 182 valence electrons. The molecule has 8 nitrogen and oxygen atoms in total. The number of nitrogens with one attached hydrogen (secondary N) is 1. The number of aliphatic hydroxyl groups excluding tert-OH is 1. The Labute approximate surface area is 206 Å². The number of thiophene rings is 1. The van der Waals surface area contributed by atoms with E-state index in [0.29, 0.717) is 44.2 Å². The second kappa shape index (κ2) is 8.58. The normalized spacial score (nSPS) is 24.8. The topological polar surface area (TPSA) is 101 Å². The number of piperidine rings is 1. The molecule has 1 unspecified atom stereocenters. The summed E-state index contributed by atoms with van der Waals surface area (Å²) in [7, 11) is 0. The van der Waals surface area contributed by atoms with E-state index < -0.39 is 11.7 Å². The van der Waals surface area contributed by atoms with E-state index in [-0.39, 0.29) is 36.1 Å². The van der Waals surface area contributed by atoms with Crippen molar-refractivity contribution in [1.82, 2.24) is 14.8 Å². The standard InChI is InChI=1S/C26H27N3O5S/c30-17-13-16(14-17)27-24(32)23-18-3-1-2-4-20(18)26(34-23)7-10-28(11-8-26)22(31)15-29-9-5-21-19(25(29)33)6-12-35-21/h1-6,9,12,16-17,23,30H,7-8,10-11,13-15H2,(H,27,32). The number of pyridine rings is 1. The zero-order valence-corrected chi connectivity index (χ0v) is 20.0. The molecule has 4 heterocycles. The van der Waals surface area contributed by atoms with Crippen LogP contribution in [0.2, 0.25) is 0 Å². The summed E-state index contributed by atoms with van der Waals surface area (Å²) >= 11 is 1.51. The Bertz CT molecular complexity index is 1350. The molecule has 1 aromatic carbocycles. The summed E-state index contributed by atoms with van der Waals surface area (Å²) in [5, 5.41) is 15.1. The lowest BCUT2D eigenvalue weighted by molar-refractivity contribution is -0.156. The first kappa shape index (κ1) is 22.5. The largest absolute Gasteiger partial charge is 0.393 e. The quantitative estimate of drug-likeness (QED) is 0.581. The number of hydrogen-bond donors (Lipinski definition) is 2. The van der Waals surface area contributed by atoms with E-state index in [9.17, 15) is 19.5 Å². The van der Waals surface area contributed by atoms with Crippen LogP contribution < -0.4 is 10.9 Å². The summed E-state index contributed by atoms with van der Waals surface area (Å²) in [6.45, 7) is 0.991. The van der Waals surface area contributed by atoms with E-state index in [1.165, 1.54) is 15.9 Å². The molecule has 3 aromatic rings. The van der Waals surface area contributed by atoms with Crippen molar-refractivity contribution < 1.29 is 19.4 Å². The van der Waals surface area contributed by atoms with Crippen molar-refractivity contribution >= 4 is 33.2 Å². The van der Waals surface area contributed by atoms with E-state index in [2.05, 4.69) is 5.32 Å². The molecule has 0 bridgehead atoms. The highest BCUT2D eigenvalue weighted by Crippen LogP contribution is 2.49. The third-order valence-electron chi connectivity index (χ3n) is 7.60. The Morgan fingerprint density at radius 3 is 2.69 bits per heavy atom. The number of hydrogen-bond acceptors (Lipinski definition) is 6. The van der Waals surface area contributed by atoms with Crippen LogP contribution in [0, 0.1) is 0 Å². The molecular formula is C26H27N3O5S. The number of aromatic nitrogens is 1. The van der Waals surface area contributed by atoms with Crippen molar-refractivity contribution in [2.24, 2.45) is 0 Å². The van der Waals surface area contributed by atoms with Crippen molar-refractivity contribution in [2.75, 3.05) is 13.1 Å². The fourth-order valence-electron chi connectivity index (χ4n) is 5.55. The molecule has 35 heavy (non-hydrogen) atoms. The van der Waals surface area contributed by atoms with Gasteiger partial charge in [0.05, 0.1) is 17.1 Å². The zero-order valence-electron chi connectivity index (χ0n) is 19.2. The van der Waals surface area contributed by atoms with Gasteiger partial charge in [-0.2, -0.15) is 0 Å². The number of benzene rings is 1. The molecule has 2 aromatic heterocycles. The molecule has 9 heteroatoms. The molecule has 3 aliphatic rings. The predicted octanol–water partition coefficient (Wildman–Crippen LogP) is 2.29. The maximum Gasteiger partial charge on any atom is 0.259 e. The number of amides is 2. The SMILES string of the molecule is O=C(NC1CC(O)C1)C1OC2(CCN(C(=O)Cn3ccc4sccc4c3=O)CC2)c2ccccc21. The van der Waals surface area contributed by atoms with E-state index >= 15 is 0 Å². The van der Waals surface area contributed by atoms with Gasteiger partial charge in [-0.25, -0.2) is 0 Å². The molecule has 1 atom stereocenters. The number of rotatable bonds is 4. The van der Waals surface area contributed by atoms with E-state index in [0.717, 1.165) is 15.8 Å². The molecule has 0 radical (unpaired) electrons. The summed E-state index contributed by atoms with van der Waals surface area (Å²) in [5.41, 5.74) is 1.13. The van der Waals surface area contributed by atoms with Crippen LogP contribution in [0.25, 0.3) is 10.1 Å². The molecule has 2 aliphatic heterocycles. The van der Waals surface area contributed by atoms with Crippen LogP contribution in [0.15, 0.2) is 52.8 Å². The molecule has 1 saturated heterocycles. The van der Waals surface area contributed by atoms with Crippen molar-refractivity contribution in [3.8, 4) is 0 Å². The molecule has 2 N–H and O–H groups in total. The molecule has 2 fully saturated rings. The van der Waals surface area contributed by atoms with Crippen LogP contribution in [-0.4, -0.2) is 51.6 Å². The summed E-state index contributed by atoms with van der Waals surface area (Å²) in [6, 6.07) is 11.5. The number of aliphatic hydroxyl groups is 1. The Morgan fingerprint density at radius 1 is 1.14 bits per heavy atom. The summed E-state index contributed by atoms with van der Waals surface area (Å²) in [5.74, 6) is -0.270. The number of carbonyl (C=O) groups is 2. The highest BCUT2D eigenvalue weighted by Gasteiger charge is 2.49. The number of likely N-dealkylation sites (tertiary alicyclic amines) is 1. The first-order valence-corrected chi connectivity index (χ1v) is 12.9. The Morgan fingerprint density at radius 2 is 1.91 bits per heavy atom. The van der Waals surface area contributed by atoms with Gasteiger partial charge in [0.2, 0.25) is 5.91 Å². The van der Waals surface area contributed by atoms with Gasteiger partial charge in [0.1, 0.15) is 6.54 Å². The number of fused-ring (bicyclic) bond motifs is 3. The monoisotopic (exact) mass is 493 g/mol. The Balaban J connectivity index is 1.15. The molecule has 1 aliphatic carbocycles. The summed E-state index contributed by atoms with van der Waals surface area (Å²) in [6.07, 6.45) is 2.97. The lowest BCUT2D eigenvalue weighted by atomic mass is 9.83. The van der Waals surface area contributed by atoms with E-state index in [1.807, 2.05) is 35.7 Å². The van der Waals surface area contributed by atoms with Crippen LogP contribution in [0.1, 0.15) is 42.9 Å². The molecular weight excluding hydrogens is 466 g/mol. The second-order valence-corrected chi connectivity index (χ2v) is 10.7. The summed E-state index contributed by atoms with van der Waals surface area (Å²) in [4.78, 5) is 40.5. The number of carbonyl (C=O) groups excluding carboxylic acids is 2. The molecule has 1 saturated carbocycles. The first-order chi connectivity index (χ1) is 16.9. The minimum atomic E-state index is -0.692. The van der Waals surface area contributed by atoms with Crippen molar-refractivity contribution in [2.45, 2.75) is 56.1 Å². The van der Waals surface area contributed by atoms with Gasteiger partial charge in [0, 0.05) is 30.0 Å². The minimum Gasteiger partial charge on any atom is -0.393 e. The third kappa shape index (κ3) is 3.87. The van der Waals surface area contributed by atoms with Gasteiger partial charge in [-0.3, -0.25) is 14.4 Å². The summed E-state index contributed by atoms with van der Waals surface area (Å²) < 4.78 is 8.85. The average molecular weight is 494 g/mol. The third-order valence-corrected chi connectivity index (χ3v) is 8.48. The lowest BCUT2D eigenvalue weighted by Gasteiger charge is -2.40. The van der Waals surface area contributed by atoms with Gasteiger partial charge >= 0.3 is 0 Å². The second-order valence-electron chi connectivity index (χ2n) is 9.74. The van der Waals surface area contributed by atoms with Crippen LogP contribution in [0.3, 0.4) is 0 Å². The maximum atomic E-state index is 13.0. The van der Waals surface area contributed by atoms with Gasteiger partial charge < -0.3 is 24.6 Å². The van der Waals surface area contributed by atoms with Crippen molar-refractivity contribution in [3.63, 3.8) is 0 Å². The van der Waals surface area contributed by atoms with Gasteiger partial charge in [-0.05, 0) is 54.3 Å². The van der Waals surface area contributed by atoms with Gasteiger partial charge in [-0.15, -0.1) is 11.3 Å². The molecule has 2 amide bonds.